The molecule has 1 fully saturated rings. The number of carbonyl (C=O) groups is 2. The molecule has 1 aliphatic rings. The normalized spacial score (nSPS) is 16.2. The topological polar surface area (TPSA) is 70.5 Å². The van der Waals surface area contributed by atoms with Crippen LogP contribution in [-0.4, -0.2) is 27.7 Å². The highest BCUT2D eigenvalue weighted by atomic mass is 35.5. The van der Waals surface area contributed by atoms with Gasteiger partial charge >= 0.3 is 5.97 Å². The molecule has 30 heavy (non-hydrogen) atoms. The highest BCUT2D eigenvalue weighted by molar-refractivity contribution is 8.00. The van der Waals surface area contributed by atoms with E-state index in [1.165, 1.54) is 36.2 Å². The van der Waals surface area contributed by atoms with E-state index < -0.39 is 5.97 Å². The fourth-order valence-electron chi connectivity index (χ4n) is 3.62. The van der Waals surface area contributed by atoms with E-state index in [0.29, 0.717) is 27.4 Å². The Bertz CT molecular complexity index is 1150. The van der Waals surface area contributed by atoms with Crippen molar-refractivity contribution in [3.63, 3.8) is 0 Å². The van der Waals surface area contributed by atoms with Gasteiger partial charge in [0.25, 0.3) is 0 Å². The molecule has 0 aliphatic carbocycles. The zero-order valence-electron chi connectivity index (χ0n) is 15.8. The molecule has 4 rings (SSSR count). The number of aromatic carboxylic acids is 1. The molecule has 1 aliphatic heterocycles. The number of carboxylic acid groups (broad SMARTS) is 1. The van der Waals surface area contributed by atoms with Crippen LogP contribution in [0.4, 0.5) is 10.1 Å². The molecule has 2 heterocycles. The zero-order chi connectivity index (χ0) is 21.4. The third-order valence-corrected chi connectivity index (χ3v) is 6.36. The number of thioether (sulfide) groups is 1. The molecule has 1 saturated heterocycles. The molecule has 1 unspecified atom stereocenters. The van der Waals surface area contributed by atoms with Crippen LogP contribution in [0.1, 0.15) is 26.9 Å². The molecule has 152 valence electrons. The summed E-state index contributed by atoms with van der Waals surface area (Å²) in [5.41, 5.74) is 3.12. The fourth-order valence-corrected chi connectivity index (χ4v) is 4.96. The number of hydrogen-bond donors (Lipinski definition) is 1. The van der Waals surface area contributed by atoms with Gasteiger partial charge in [-0.05, 0) is 48.4 Å². The van der Waals surface area contributed by atoms with Crippen molar-refractivity contribution in [2.75, 3.05) is 10.7 Å². The Kier molecular flexibility index (Phi) is 5.49. The number of aromatic nitrogens is 1. The van der Waals surface area contributed by atoms with E-state index in [0.717, 1.165) is 5.56 Å². The fraction of sp³-hybridized carbons (Fsp3) is 0.136. The lowest BCUT2D eigenvalue weighted by Gasteiger charge is -2.27. The van der Waals surface area contributed by atoms with E-state index in [2.05, 4.69) is 4.98 Å². The molecule has 1 aromatic heterocycles. The Labute approximate surface area is 181 Å². The van der Waals surface area contributed by atoms with Crippen molar-refractivity contribution >= 4 is 40.9 Å². The van der Waals surface area contributed by atoms with Crippen molar-refractivity contribution < 1.29 is 19.1 Å². The minimum atomic E-state index is -1.09. The van der Waals surface area contributed by atoms with Crippen LogP contribution in [0.5, 0.6) is 0 Å². The number of nitrogens with zero attached hydrogens (tertiary/aromatic N) is 2. The average molecular weight is 443 g/mol. The van der Waals surface area contributed by atoms with Crippen LogP contribution in [0.25, 0.3) is 11.1 Å². The van der Waals surface area contributed by atoms with Crippen LogP contribution in [-0.2, 0) is 4.79 Å². The number of halogens is 2. The summed E-state index contributed by atoms with van der Waals surface area (Å²) in [4.78, 5) is 30.4. The molecule has 1 atom stereocenters. The van der Waals surface area contributed by atoms with Gasteiger partial charge in [-0.25, -0.2) is 9.18 Å². The molecule has 1 N–H and O–H groups in total. The van der Waals surface area contributed by atoms with Crippen molar-refractivity contribution in [1.29, 1.82) is 0 Å². The number of amides is 1. The first-order chi connectivity index (χ1) is 14.4. The quantitative estimate of drug-likeness (QED) is 0.591. The lowest BCUT2D eigenvalue weighted by atomic mass is 9.94. The Morgan fingerprint density at radius 2 is 1.97 bits per heavy atom. The van der Waals surface area contributed by atoms with Crippen molar-refractivity contribution in [3.8, 4) is 11.1 Å². The summed E-state index contributed by atoms with van der Waals surface area (Å²) in [6.45, 7) is 1.77. The van der Waals surface area contributed by atoms with E-state index in [-0.39, 0.29) is 28.4 Å². The van der Waals surface area contributed by atoms with E-state index in [9.17, 15) is 19.1 Å². The third kappa shape index (κ3) is 3.66. The molecule has 0 spiro atoms. The van der Waals surface area contributed by atoms with Gasteiger partial charge in [-0.2, -0.15) is 0 Å². The van der Waals surface area contributed by atoms with Gasteiger partial charge in [-0.3, -0.25) is 14.7 Å². The van der Waals surface area contributed by atoms with Gasteiger partial charge in [0, 0.05) is 29.2 Å². The molecule has 2 aromatic carbocycles. The molecular formula is C22H16ClFN2O3S. The predicted octanol–water partition coefficient (Wildman–Crippen LogP) is 5.33. The average Bonchev–Trinajstić information content (AvgIpc) is 3.09. The largest absolute Gasteiger partial charge is 0.478 e. The lowest BCUT2D eigenvalue weighted by molar-refractivity contribution is -0.115. The minimum absolute atomic E-state index is 0.0953. The number of carbonyl (C=O) groups excluding carboxylic acids is 1. The third-order valence-electron chi connectivity index (χ3n) is 4.94. The van der Waals surface area contributed by atoms with Crippen LogP contribution in [0.3, 0.4) is 0 Å². The van der Waals surface area contributed by atoms with Gasteiger partial charge < -0.3 is 5.11 Å². The molecule has 5 nitrogen and oxygen atoms in total. The van der Waals surface area contributed by atoms with Gasteiger partial charge in [-0.1, -0.05) is 23.7 Å². The second kappa shape index (κ2) is 8.08. The monoisotopic (exact) mass is 442 g/mol. The summed E-state index contributed by atoms with van der Waals surface area (Å²) in [7, 11) is 0. The molecule has 0 saturated carbocycles. The molecule has 3 aromatic rings. The number of rotatable bonds is 4. The van der Waals surface area contributed by atoms with E-state index >= 15 is 0 Å². The summed E-state index contributed by atoms with van der Waals surface area (Å²) < 4.78 is 13.4. The number of hydrogen-bond acceptors (Lipinski definition) is 4. The second-order valence-corrected chi connectivity index (χ2v) is 8.31. The SMILES string of the molecule is Cc1c(N2C(=O)CSC2c2ccc(F)cc2)ccc(C(=O)O)c1-c1cncc(Cl)c1. The lowest BCUT2D eigenvalue weighted by Crippen LogP contribution is -2.29. The van der Waals surface area contributed by atoms with Crippen LogP contribution < -0.4 is 4.90 Å². The van der Waals surface area contributed by atoms with Gasteiger partial charge in [0.15, 0.2) is 0 Å². The van der Waals surface area contributed by atoms with Gasteiger partial charge in [0.05, 0.1) is 16.3 Å². The number of carboxylic acids is 1. The zero-order valence-corrected chi connectivity index (χ0v) is 17.4. The van der Waals surface area contributed by atoms with E-state index in [4.69, 9.17) is 11.6 Å². The summed E-state index contributed by atoms with van der Waals surface area (Å²) in [5.74, 6) is -1.26. The van der Waals surface area contributed by atoms with Gasteiger partial charge in [-0.15, -0.1) is 11.8 Å². The highest BCUT2D eigenvalue weighted by Crippen LogP contribution is 2.45. The maximum absolute atomic E-state index is 13.4. The minimum Gasteiger partial charge on any atom is -0.478 e. The van der Waals surface area contributed by atoms with Crippen molar-refractivity contribution in [3.05, 3.63) is 82.4 Å². The first kappa shape index (κ1) is 20.4. The molecule has 8 heteroatoms. The Balaban J connectivity index is 1.88. The van der Waals surface area contributed by atoms with E-state index in [1.807, 2.05) is 0 Å². The van der Waals surface area contributed by atoms with Crippen LogP contribution in [0, 0.1) is 12.7 Å². The predicted molar refractivity (Wildman–Crippen MR) is 115 cm³/mol. The second-order valence-electron chi connectivity index (χ2n) is 6.81. The van der Waals surface area contributed by atoms with Gasteiger partial charge in [0.2, 0.25) is 5.91 Å². The summed E-state index contributed by atoms with van der Waals surface area (Å²) in [5, 5.41) is 9.76. The number of anilines is 1. The molecule has 0 bridgehead atoms. The van der Waals surface area contributed by atoms with Gasteiger partial charge in [0.1, 0.15) is 11.2 Å². The summed E-state index contributed by atoms with van der Waals surface area (Å²) >= 11 is 7.52. The number of pyridine rings is 1. The van der Waals surface area contributed by atoms with Crippen molar-refractivity contribution in [2.45, 2.75) is 12.3 Å². The maximum atomic E-state index is 13.4. The first-order valence-corrected chi connectivity index (χ1v) is 10.5. The molecule has 1 amide bonds. The van der Waals surface area contributed by atoms with Crippen molar-refractivity contribution in [2.24, 2.45) is 0 Å². The highest BCUT2D eigenvalue weighted by Gasteiger charge is 2.35. The van der Waals surface area contributed by atoms with Crippen LogP contribution in [0.2, 0.25) is 5.02 Å². The van der Waals surface area contributed by atoms with Crippen molar-refractivity contribution in [1.82, 2.24) is 4.98 Å². The standard InChI is InChI=1S/C22H16ClFN2O3S/c1-12-18(26-19(27)11-30-21(26)13-2-4-16(24)5-3-13)7-6-17(22(28)29)20(12)14-8-15(23)10-25-9-14/h2-10,21H,11H2,1H3,(H,28,29). The van der Waals surface area contributed by atoms with E-state index in [1.54, 1.807) is 42.3 Å². The first-order valence-electron chi connectivity index (χ1n) is 9.03. The summed E-state index contributed by atoms with van der Waals surface area (Å²) in [6, 6.07) is 10.8. The van der Waals surface area contributed by atoms with Crippen LogP contribution in [0.15, 0.2) is 54.9 Å². The molecular weight excluding hydrogens is 427 g/mol. The maximum Gasteiger partial charge on any atom is 0.336 e. The van der Waals surface area contributed by atoms with Crippen LogP contribution >= 0.6 is 23.4 Å². The Morgan fingerprint density at radius 1 is 1.23 bits per heavy atom. The number of benzene rings is 2. The summed E-state index contributed by atoms with van der Waals surface area (Å²) in [6.07, 6.45) is 3.01. The smallest absolute Gasteiger partial charge is 0.336 e. The Morgan fingerprint density at radius 3 is 2.63 bits per heavy atom. The Hall–Kier alpha value is -2.90. The molecule has 0 radical (unpaired) electrons.